The Kier molecular flexibility index (Phi) is 10.6. The van der Waals surface area contributed by atoms with Gasteiger partial charge >= 0.3 is 0 Å². The van der Waals surface area contributed by atoms with Crippen LogP contribution < -0.4 is 11.0 Å². The molecule has 2 aliphatic rings. The number of hydrogen-bond acceptors (Lipinski definition) is 6. The van der Waals surface area contributed by atoms with Gasteiger partial charge in [0.15, 0.2) is 11.7 Å². The Balaban J connectivity index is 1.62. The quantitative estimate of drug-likeness (QED) is 0.202. The van der Waals surface area contributed by atoms with Crippen LogP contribution in [0.5, 0.6) is 0 Å². The topological polar surface area (TPSA) is 95.7 Å². The average molecular weight is 369 g/mol. The first kappa shape index (κ1) is 21.1. The lowest BCUT2D eigenvalue weighted by Crippen LogP contribution is -2.38. The van der Waals surface area contributed by atoms with Crippen LogP contribution in [0.15, 0.2) is 9.98 Å². The highest BCUT2D eigenvalue weighted by molar-refractivity contribution is 6.39. The Morgan fingerprint density at radius 3 is 1.38 bits per heavy atom. The van der Waals surface area contributed by atoms with Crippen LogP contribution in [0.4, 0.5) is 0 Å². The van der Waals surface area contributed by atoms with Crippen LogP contribution in [-0.4, -0.2) is 84.2 Å². The summed E-state index contributed by atoms with van der Waals surface area (Å²) < 4.78 is 0. The van der Waals surface area contributed by atoms with Crippen LogP contribution in [0.3, 0.4) is 0 Å². The van der Waals surface area contributed by atoms with Crippen molar-refractivity contribution in [1.29, 1.82) is 0 Å². The van der Waals surface area contributed by atoms with Crippen molar-refractivity contribution in [1.82, 2.24) is 20.8 Å². The molecule has 0 saturated carbocycles. The molecule has 0 atom stereocenters. The van der Waals surface area contributed by atoms with Crippen LogP contribution >= 0.6 is 0 Å². The van der Waals surface area contributed by atoms with Crippen molar-refractivity contribution in [2.75, 3.05) is 52.4 Å². The minimum atomic E-state index is 0.202. The summed E-state index contributed by atoms with van der Waals surface area (Å²) >= 11 is 0. The number of hydrogen-bond donors (Lipinski definition) is 4. The smallest absolute Gasteiger partial charge is 0.190 e. The van der Waals surface area contributed by atoms with Gasteiger partial charge in [-0.3, -0.25) is 20.4 Å². The molecule has 150 valence electrons. The number of unbranched alkanes of at least 4 members (excludes halogenated alkanes) is 2. The molecule has 2 heterocycles. The summed E-state index contributed by atoms with van der Waals surface area (Å²) in [5, 5.41) is 18.6. The molecular weight excluding hydrogens is 332 g/mol. The van der Waals surface area contributed by atoms with Gasteiger partial charge in [0.05, 0.1) is 0 Å². The molecule has 2 fully saturated rings. The monoisotopic (exact) mass is 368 g/mol. The van der Waals surface area contributed by atoms with Crippen molar-refractivity contribution in [2.45, 2.75) is 51.4 Å². The van der Waals surface area contributed by atoms with Crippen LogP contribution in [0.1, 0.15) is 51.4 Å². The van der Waals surface area contributed by atoms with E-state index in [1.807, 2.05) is 11.0 Å². The number of hydroxylamine groups is 2. The molecule has 0 spiro atoms. The summed E-state index contributed by atoms with van der Waals surface area (Å²) in [6.45, 7) is 8.32. The minimum Gasteiger partial charge on any atom is -0.303 e. The number of nitrogens with zero attached hydrogens (tertiary/aromatic N) is 4. The van der Waals surface area contributed by atoms with Crippen LogP contribution in [0.25, 0.3) is 0 Å². The third-order valence-electron chi connectivity index (χ3n) is 5.14. The third kappa shape index (κ3) is 7.99. The highest BCUT2D eigenvalue weighted by Gasteiger charge is 2.11. The standard InChI is InChI=1S/C18H36N6O2/c25-21-17(19-9-1-3-11-23-13-5-6-14-23)18(22-26)20-10-2-4-12-24-15-7-8-16-24/h25-26H,1-16H2,(H,19,21)(H,20,22). The summed E-state index contributed by atoms with van der Waals surface area (Å²) in [6, 6.07) is 0. The fourth-order valence-electron chi connectivity index (χ4n) is 3.61. The summed E-state index contributed by atoms with van der Waals surface area (Å²) in [7, 11) is 0. The highest BCUT2D eigenvalue weighted by Crippen LogP contribution is 2.09. The zero-order valence-corrected chi connectivity index (χ0v) is 16.0. The van der Waals surface area contributed by atoms with Crippen molar-refractivity contribution in [3.8, 4) is 0 Å². The molecule has 2 saturated heterocycles. The zero-order valence-electron chi connectivity index (χ0n) is 16.0. The van der Waals surface area contributed by atoms with E-state index in [1.165, 1.54) is 51.9 Å². The van der Waals surface area contributed by atoms with Gasteiger partial charge in [0, 0.05) is 13.1 Å². The molecule has 8 nitrogen and oxygen atoms in total. The van der Waals surface area contributed by atoms with E-state index in [-0.39, 0.29) is 11.7 Å². The summed E-state index contributed by atoms with van der Waals surface area (Å²) in [6.07, 6.45) is 9.36. The first-order valence-corrected chi connectivity index (χ1v) is 10.2. The Labute approximate surface area is 157 Å². The van der Waals surface area contributed by atoms with E-state index < -0.39 is 0 Å². The van der Waals surface area contributed by atoms with E-state index >= 15 is 0 Å². The van der Waals surface area contributed by atoms with E-state index in [4.69, 9.17) is 0 Å². The van der Waals surface area contributed by atoms with E-state index in [0.717, 1.165) is 38.8 Å². The number of aliphatic imine (C=N–C) groups is 2. The highest BCUT2D eigenvalue weighted by atomic mass is 16.5. The molecular formula is C18H36N6O2. The molecule has 2 aliphatic heterocycles. The third-order valence-corrected chi connectivity index (χ3v) is 5.14. The lowest BCUT2D eigenvalue weighted by atomic mass is 10.3. The van der Waals surface area contributed by atoms with Gasteiger partial charge < -0.3 is 9.80 Å². The van der Waals surface area contributed by atoms with Gasteiger partial charge in [0.25, 0.3) is 0 Å². The second-order valence-corrected chi connectivity index (χ2v) is 7.20. The van der Waals surface area contributed by atoms with Crippen molar-refractivity contribution < 1.29 is 10.4 Å². The second kappa shape index (κ2) is 13.0. The Bertz CT molecular complexity index is 391. The predicted octanol–water partition coefficient (Wildman–Crippen LogP) is 1.49. The molecule has 0 aromatic carbocycles. The number of amidine groups is 2. The van der Waals surface area contributed by atoms with E-state index in [1.54, 1.807) is 0 Å². The first-order chi connectivity index (χ1) is 12.8. The number of rotatable bonds is 10. The number of likely N-dealkylation sites (tertiary alicyclic amines) is 2. The summed E-state index contributed by atoms with van der Waals surface area (Å²) in [5.41, 5.74) is 4.10. The van der Waals surface area contributed by atoms with Crippen molar-refractivity contribution in [3.05, 3.63) is 0 Å². The van der Waals surface area contributed by atoms with Gasteiger partial charge in [0.1, 0.15) is 0 Å². The maximum absolute atomic E-state index is 9.28. The molecule has 4 N–H and O–H groups in total. The summed E-state index contributed by atoms with van der Waals surface area (Å²) in [5.74, 6) is 0.404. The van der Waals surface area contributed by atoms with Crippen molar-refractivity contribution >= 4 is 11.7 Å². The van der Waals surface area contributed by atoms with Gasteiger partial charge in [-0.1, -0.05) is 0 Å². The number of nitrogens with one attached hydrogen (secondary N) is 2. The Morgan fingerprint density at radius 2 is 1.04 bits per heavy atom. The van der Waals surface area contributed by atoms with Gasteiger partial charge in [-0.05, 0) is 90.6 Å². The maximum atomic E-state index is 9.28. The lowest BCUT2D eigenvalue weighted by molar-refractivity contribution is 0.223. The molecule has 0 aromatic heterocycles. The predicted molar refractivity (Wildman–Crippen MR) is 104 cm³/mol. The largest absolute Gasteiger partial charge is 0.303 e. The first-order valence-electron chi connectivity index (χ1n) is 10.2. The van der Waals surface area contributed by atoms with Crippen molar-refractivity contribution in [2.24, 2.45) is 9.98 Å². The van der Waals surface area contributed by atoms with Crippen molar-refractivity contribution in [3.63, 3.8) is 0 Å². The molecule has 0 unspecified atom stereocenters. The zero-order chi connectivity index (χ0) is 18.5. The van der Waals surface area contributed by atoms with E-state index in [9.17, 15) is 10.4 Å². The average Bonchev–Trinajstić information content (AvgIpc) is 3.36. The summed E-state index contributed by atoms with van der Waals surface area (Å²) in [4.78, 5) is 13.6. The van der Waals surface area contributed by atoms with E-state index in [2.05, 4.69) is 19.8 Å². The molecule has 2 rings (SSSR count). The Morgan fingerprint density at radius 1 is 0.654 bits per heavy atom. The SMILES string of the molecule is ONC(=NCCCCN1CCCC1)C(=NCCCCN1CCCC1)NO. The molecule has 26 heavy (non-hydrogen) atoms. The molecule has 0 bridgehead atoms. The fourth-order valence-corrected chi connectivity index (χ4v) is 3.61. The van der Waals surface area contributed by atoms with Crippen LogP contribution in [0, 0.1) is 0 Å². The minimum absolute atomic E-state index is 0.202. The molecule has 0 amide bonds. The van der Waals surface area contributed by atoms with Crippen LogP contribution in [-0.2, 0) is 0 Å². The van der Waals surface area contributed by atoms with Gasteiger partial charge in [0.2, 0.25) is 0 Å². The molecule has 8 heteroatoms. The van der Waals surface area contributed by atoms with Crippen LogP contribution in [0.2, 0.25) is 0 Å². The molecule has 0 radical (unpaired) electrons. The van der Waals surface area contributed by atoms with Gasteiger partial charge in [-0.25, -0.2) is 11.0 Å². The fraction of sp³-hybridized carbons (Fsp3) is 0.889. The molecule has 0 aliphatic carbocycles. The Hall–Kier alpha value is -1.22. The lowest BCUT2D eigenvalue weighted by Gasteiger charge is -2.14. The normalized spacial score (nSPS) is 20.1. The maximum Gasteiger partial charge on any atom is 0.190 e. The van der Waals surface area contributed by atoms with E-state index in [0.29, 0.717) is 13.1 Å². The van der Waals surface area contributed by atoms with Gasteiger partial charge in [-0.2, -0.15) is 0 Å². The van der Waals surface area contributed by atoms with Gasteiger partial charge in [-0.15, -0.1) is 0 Å². The molecule has 0 aromatic rings. The second-order valence-electron chi connectivity index (χ2n) is 7.20.